The average Bonchev–Trinajstić information content (AvgIpc) is 2.75. The molecular weight excluding hydrogens is 274 g/mol. The molecule has 0 aliphatic rings. The average molecular weight is 286 g/mol. The molecule has 0 aromatic carbocycles. The van der Waals surface area contributed by atoms with E-state index in [-0.39, 0.29) is 6.04 Å². The van der Waals surface area contributed by atoms with Gasteiger partial charge in [-0.3, -0.25) is 4.68 Å². The minimum Gasteiger partial charge on any atom is -0.324 e. The summed E-state index contributed by atoms with van der Waals surface area (Å²) in [6.07, 6.45) is 4.69. The normalized spacial score (nSPS) is 13.0. The highest BCUT2D eigenvalue weighted by Crippen LogP contribution is 2.25. The maximum absolute atomic E-state index is 6.10. The van der Waals surface area contributed by atoms with Gasteiger partial charge in [-0.1, -0.05) is 0 Å². The first-order valence-electron chi connectivity index (χ1n) is 4.62. The van der Waals surface area contributed by atoms with E-state index in [9.17, 15) is 0 Å². The number of nitrogens with zero attached hydrogens (tertiary/aromatic N) is 2. The number of aryl methyl sites for hydroxylation is 1. The van der Waals surface area contributed by atoms with Crippen LogP contribution in [-0.2, 0) is 13.5 Å². The molecule has 0 aliphatic heterocycles. The summed E-state index contributed by atoms with van der Waals surface area (Å²) in [5.74, 6) is 0. The van der Waals surface area contributed by atoms with Crippen molar-refractivity contribution in [2.24, 2.45) is 12.8 Å². The predicted octanol–water partition coefficient (Wildman–Crippen LogP) is 2.49. The number of rotatable bonds is 3. The summed E-state index contributed by atoms with van der Waals surface area (Å²) in [4.78, 5) is 0. The van der Waals surface area contributed by atoms with Crippen molar-refractivity contribution in [1.82, 2.24) is 9.78 Å². The van der Waals surface area contributed by atoms with Crippen LogP contribution in [0.15, 0.2) is 27.6 Å². The van der Waals surface area contributed by atoms with Gasteiger partial charge in [-0.05, 0) is 44.9 Å². The summed E-state index contributed by atoms with van der Waals surface area (Å²) in [6, 6.07) is 2.13. The molecule has 0 spiro atoms. The lowest BCUT2D eigenvalue weighted by Crippen LogP contribution is -2.11. The van der Waals surface area contributed by atoms with Crippen LogP contribution in [0.25, 0.3) is 0 Å². The fourth-order valence-corrected chi connectivity index (χ4v) is 2.71. The summed E-state index contributed by atoms with van der Waals surface area (Å²) < 4.78 is 2.92. The zero-order valence-electron chi connectivity index (χ0n) is 8.35. The minimum atomic E-state index is 0.0525. The van der Waals surface area contributed by atoms with Crippen molar-refractivity contribution in [3.63, 3.8) is 0 Å². The molecule has 2 heterocycles. The van der Waals surface area contributed by atoms with Crippen LogP contribution in [0, 0.1) is 0 Å². The molecule has 2 rings (SSSR count). The number of thiophene rings is 1. The molecule has 0 saturated carbocycles. The van der Waals surface area contributed by atoms with Crippen LogP contribution in [-0.4, -0.2) is 9.78 Å². The fraction of sp³-hybridized carbons (Fsp3) is 0.300. The summed E-state index contributed by atoms with van der Waals surface area (Å²) >= 11 is 5.10. The molecule has 2 aromatic heterocycles. The summed E-state index contributed by atoms with van der Waals surface area (Å²) in [6.45, 7) is 0. The third-order valence-electron chi connectivity index (χ3n) is 2.23. The quantitative estimate of drug-likeness (QED) is 0.942. The first kappa shape index (κ1) is 10.9. The van der Waals surface area contributed by atoms with Gasteiger partial charge in [0.25, 0.3) is 0 Å². The molecule has 0 fully saturated rings. The van der Waals surface area contributed by atoms with Gasteiger partial charge in [-0.15, -0.1) is 11.3 Å². The van der Waals surface area contributed by atoms with E-state index in [4.69, 9.17) is 5.73 Å². The predicted molar refractivity (Wildman–Crippen MR) is 65.9 cm³/mol. The zero-order chi connectivity index (χ0) is 10.8. The summed E-state index contributed by atoms with van der Waals surface area (Å²) in [5.41, 5.74) is 8.45. The lowest BCUT2D eigenvalue weighted by molar-refractivity contribution is 0.722. The van der Waals surface area contributed by atoms with E-state index in [1.54, 1.807) is 16.0 Å². The van der Waals surface area contributed by atoms with Crippen LogP contribution in [0.3, 0.4) is 0 Å². The van der Waals surface area contributed by atoms with Gasteiger partial charge in [0.2, 0.25) is 0 Å². The van der Waals surface area contributed by atoms with Crippen molar-refractivity contribution in [2.45, 2.75) is 12.5 Å². The number of hydrogen-bond donors (Lipinski definition) is 1. The van der Waals surface area contributed by atoms with E-state index in [1.165, 1.54) is 11.1 Å². The van der Waals surface area contributed by atoms with E-state index in [0.717, 1.165) is 10.2 Å². The first-order valence-corrected chi connectivity index (χ1v) is 6.29. The Bertz CT molecular complexity index is 449. The van der Waals surface area contributed by atoms with Gasteiger partial charge in [0.15, 0.2) is 0 Å². The van der Waals surface area contributed by atoms with Gasteiger partial charge < -0.3 is 5.73 Å². The van der Waals surface area contributed by atoms with Crippen molar-refractivity contribution in [3.8, 4) is 0 Å². The molecule has 2 N–H and O–H groups in total. The molecule has 1 atom stereocenters. The van der Waals surface area contributed by atoms with E-state index in [0.29, 0.717) is 0 Å². The second-order valence-corrected chi connectivity index (χ2v) is 5.81. The second kappa shape index (κ2) is 4.47. The highest BCUT2D eigenvalue weighted by molar-refractivity contribution is 9.11. The van der Waals surface area contributed by atoms with E-state index < -0.39 is 0 Å². The van der Waals surface area contributed by atoms with Crippen LogP contribution >= 0.6 is 27.3 Å². The van der Waals surface area contributed by atoms with Gasteiger partial charge in [0.05, 0.1) is 9.98 Å². The van der Waals surface area contributed by atoms with Crippen molar-refractivity contribution < 1.29 is 0 Å². The molecule has 0 aliphatic carbocycles. The Morgan fingerprint density at radius 3 is 3.00 bits per heavy atom. The third-order valence-corrected chi connectivity index (χ3v) is 3.75. The molecule has 3 nitrogen and oxygen atoms in total. The highest BCUT2D eigenvalue weighted by atomic mass is 79.9. The lowest BCUT2D eigenvalue weighted by Gasteiger charge is -2.07. The van der Waals surface area contributed by atoms with Gasteiger partial charge in [0, 0.05) is 19.3 Å². The highest BCUT2D eigenvalue weighted by Gasteiger charge is 2.09. The Kier molecular flexibility index (Phi) is 3.23. The van der Waals surface area contributed by atoms with Gasteiger partial charge in [0.1, 0.15) is 0 Å². The Hall–Kier alpha value is -0.650. The van der Waals surface area contributed by atoms with Gasteiger partial charge in [-0.25, -0.2) is 0 Å². The van der Waals surface area contributed by atoms with Crippen molar-refractivity contribution in [3.05, 3.63) is 38.8 Å². The molecule has 1 unspecified atom stereocenters. The van der Waals surface area contributed by atoms with Gasteiger partial charge in [-0.2, -0.15) is 5.10 Å². The molecule has 15 heavy (non-hydrogen) atoms. The van der Waals surface area contributed by atoms with E-state index in [2.05, 4.69) is 32.5 Å². The molecule has 5 heteroatoms. The number of halogens is 1. The molecule has 0 amide bonds. The Morgan fingerprint density at radius 2 is 2.47 bits per heavy atom. The molecule has 0 bridgehead atoms. The van der Waals surface area contributed by atoms with Crippen molar-refractivity contribution >= 4 is 27.3 Å². The van der Waals surface area contributed by atoms with Crippen LogP contribution in [0.2, 0.25) is 0 Å². The first-order chi connectivity index (χ1) is 7.15. The van der Waals surface area contributed by atoms with Crippen molar-refractivity contribution in [1.29, 1.82) is 0 Å². The second-order valence-electron chi connectivity index (χ2n) is 3.52. The molecule has 0 radical (unpaired) electrons. The maximum Gasteiger partial charge on any atom is 0.0701 e. The monoisotopic (exact) mass is 285 g/mol. The Morgan fingerprint density at radius 1 is 1.67 bits per heavy atom. The summed E-state index contributed by atoms with van der Waals surface area (Å²) in [7, 11) is 1.91. The molecular formula is C10H12BrN3S. The van der Waals surface area contributed by atoms with E-state index >= 15 is 0 Å². The SMILES string of the molecule is Cn1cc(CC(N)c2csc(Br)c2)cn1. The number of nitrogens with two attached hydrogens (primary N) is 1. The maximum atomic E-state index is 6.10. The van der Waals surface area contributed by atoms with Crippen molar-refractivity contribution in [2.75, 3.05) is 0 Å². The third kappa shape index (κ3) is 2.68. The lowest BCUT2D eigenvalue weighted by atomic mass is 10.1. The number of aromatic nitrogens is 2. The van der Waals surface area contributed by atoms with Gasteiger partial charge >= 0.3 is 0 Å². The largest absolute Gasteiger partial charge is 0.324 e. The topological polar surface area (TPSA) is 43.8 Å². The summed E-state index contributed by atoms with van der Waals surface area (Å²) in [5, 5.41) is 6.21. The Labute approximate surface area is 101 Å². The van der Waals surface area contributed by atoms with Crippen LogP contribution in [0.1, 0.15) is 17.2 Å². The van der Waals surface area contributed by atoms with Crippen LogP contribution in [0.4, 0.5) is 0 Å². The fourth-order valence-electron chi connectivity index (χ4n) is 1.47. The zero-order valence-corrected chi connectivity index (χ0v) is 10.8. The minimum absolute atomic E-state index is 0.0525. The van der Waals surface area contributed by atoms with Crippen LogP contribution < -0.4 is 5.73 Å². The molecule has 0 saturated heterocycles. The Balaban J connectivity index is 2.06. The molecule has 2 aromatic rings. The molecule has 80 valence electrons. The standard InChI is InChI=1S/C10H12BrN3S/c1-14-5-7(4-13-14)2-9(12)8-3-10(11)15-6-8/h3-6,9H,2,12H2,1H3. The number of hydrogen-bond acceptors (Lipinski definition) is 3. The van der Waals surface area contributed by atoms with Crippen LogP contribution in [0.5, 0.6) is 0 Å². The van der Waals surface area contributed by atoms with E-state index in [1.807, 2.05) is 19.4 Å². The smallest absolute Gasteiger partial charge is 0.0701 e.